The molecule has 0 aliphatic heterocycles. The molecule has 0 unspecified atom stereocenters. The van der Waals surface area contributed by atoms with Crippen LogP contribution < -0.4 is 0 Å². The number of aromatic nitrogens is 1. The molecule has 0 bridgehead atoms. The molecule has 2 aromatic rings. The molecule has 0 atom stereocenters. The van der Waals surface area contributed by atoms with E-state index in [0.717, 1.165) is 0 Å². The minimum Gasteiger partial charge on any atom is -0.504 e. The van der Waals surface area contributed by atoms with E-state index in [9.17, 15) is 9.90 Å². The molecule has 1 aromatic heterocycles. The Kier molecular flexibility index (Phi) is 2.52. The van der Waals surface area contributed by atoms with E-state index in [-0.39, 0.29) is 18.6 Å². The quantitative estimate of drug-likeness (QED) is 0.826. The van der Waals surface area contributed by atoms with E-state index in [0.29, 0.717) is 22.6 Å². The number of aliphatic carboxylic acids is 1. The van der Waals surface area contributed by atoms with Crippen molar-refractivity contribution >= 4 is 17.1 Å². The van der Waals surface area contributed by atoms with Gasteiger partial charge in [-0.25, -0.2) is 4.98 Å². The molecule has 0 radical (unpaired) electrons. The molecule has 0 spiro atoms. The van der Waals surface area contributed by atoms with Crippen molar-refractivity contribution in [3.8, 4) is 5.75 Å². The highest BCUT2D eigenvalue weighted by Gasteiger charge is 2.12. The highest BCUT2D eigenvalue weighted by Crippen LogP contribution is 2.29. The number of hydrogen-bond acceptors (Lipinski definition) is 4. The maximum absolute atomic E-state index is 10.4. The number of carbonyl (C=O) groups is 1. The van der Waals surface area contributed by atoms with Gasteiger partial charge in [0, 0.05) is 13.3 Å². The van der Waals surface area contributed by atoms with Crippen LogP contribution in [0.15, 0.2) is 16.5 Å². The fourth-order valence-electron chi connectivity index (χ4n) is 1.57. The summed E-state index contributed by atoms with van der Waals surface area (Å²) in [6, 6.07) is 3.38. The summed E-state index contributed by atoms with van der Waals surface area (Å²) in [7, 11) is 0. The third kappa shape index (κ3) is 1.84. The summed E-state index contributed by atoms with van der Waals surface area (Å²) in [4.78, 5) is 14.5. The molecule has 5 nitrogen and oxygen atoms in total. The summed E-state index contributed by atoms with van der Waals surface area (Å²) in [5, 5.41) is 18.4. The van der Waals surface area contributed by atoms with Crippen molar-refractivity contribution in [1.82, 2.24) is 4.98 Å². The maximum Gasteiger partial charge on any atom is 0.303 e. The van der Waals surface area contributed by atoms with Gasteiger partial charge < -0.3 is 14.6 Å². The molecule has 1 aromatic carbocycles. The fourth-order valence-corrected chi connectivity index (χ4v) is 1.57. The van der Waals surface area contributed by atoms with Crippen LogP contribution in [-0.2, 0) is 11.2 Å². The summed E-state index contributed by atoms with van der Waals surface area (Å²) in [6.45, 7) is 1.69. The maximum atomic E-state index is 10.4. The minimum absolute atomic E-state index is 0.0145. The number of phenols is 1. The number of oxazole rings is 1. The first kappa shape index (κ1) is 10.5. The normalized spacial score (nSPS) is 10.8. The van der Waals surface area contributed by atoms with Gasteiger partial charge in [0.05, 0.1) is 0 Å². The van der Waals surface area contributed by atoms with Gasteiger partial charge >= 0.3 is 5.97 Å². The van der Waals surface area contributed by atoms with Crippen molar-refractivity contribution in [3.63, 3.8) is 0 Å². The molecule has 1 heterocycles. The van der Waals surface area contributed by atoms with Gasteiger partial charge in [-0.3, -0.25) is 4.79 Å². The molecule has 16 heavy (non-hydrogen) atoms. The second-order valence-corrected chi connectivity index (χ2v) is 3.55. The number of nitrogens with zero attached hydrogens (tertiary/aromatic N) is 1. The molecular formula is C11H11NO4. The van der Waals surface area contributed by atoms with E-state index in [4.69, 9.17) is 9.52 Å². The highest BCUT2D eigenvalue weighted by atomic mass is 16.4. The molecule has 0 saturated carbocycles. The number of rotatable bonds is 3. The number of phenolic OH excluding ortho intramolecular Hbond substituents is 1. The van der Waals surface area contributed by atoms with Crippen LogP contribution in [-0.4, -0.2) is 21.2 Å². The van der Waals surface area contributed by atoms with Crippen LogP contribution in [0, 0.1) is 6.92 Å². The standard InChI is InChI=1S/C11H11NO4/c1-6-12-8-4-2-7(3-5-9(13)14)10(15)11(8)16-6/h2,4,15H,3,5H2,1H3,(H,13,14). The Bertz CT molecular complexity index is 544. The van der Waals surface area contributed by atoms with Gasteiger partial charge in [0.1, 0.15) is 5.52 Å². The Morgan fingerprint density at radius 1 is 1.50 bits per heavy atom. The van der Waals surface area contributed by atoms with Gasteiger partial charge in [0.2, 0.25) is 0 Å². The lowest BCUT2D eigenvalue weighted by Crippen LogP contribution is -1.97. The van der Waals surface area contributed by atoms with Crippen LogP contribution >= 0.6 is 0 Å². The summed E-state index contributed by atoms with van der Waals surface area (Å²) in [6.07, 6.45) is 0.253. The largest absolute Gasteiger partial charge is 0.504 e. The predicted octanol–water partition coefficient (Wildman–Crippen LogP) is 1.86. The monoisotopic (exact) mass is 221 g/mol. The zero-order valence-corrected chi connectivity index (χ0v) is 8.73. The second-order valence-electron chi connectivity index (χ2n) is 3.55. The fraction of sp³-hybridized carbons (Fsp3) is 0.273. The predicted molar refractivity (Wildman–Crippen MR) is 56.4 cm³/mol. The van der Waals surface area contributed by atoms with E-state index in [1.807, 2.05) is 0 Å². The molecule has 2 rings (SSSR count). The van der Waals surface area contributed by atoms with E-state index >= 15 is 0 Å². The number of benzene rings is 1. The average Bonchev–Trinajstić information content (AvgIpc) is 2.58. The third-order valence-electron chi connectivity index (χ3n) is 2.33. The van der Waals surface area contributed by atoms with Crippen molar-refractivity contribution in [2.45, 2.75) is 19.8 Å². The highest BCUT2D eigenvalue weighted by molar-refractivity contribution is 5.81. The zero-order chi connectivity index (χ0) is 11.7. The number of fused-ring (bicyclic) bond motifs is 1. The van der Waals surface area contributed by atoms with Gasteiger partial charge in [-0.15, -0.1) is 0 Å². The van der Waals surface area contributed by atoms with Crippen molar-refractivity contribution in [1.29, 1.82) is 0 Å². The lowest BCUT2D eigenvalue weighted by molar-refractivity contribution is -0.136. The second kappa shape index (κ2) is 3.84. The molecule has 2 N–H and O–H groups in total. The number of carboxylic acid groups (broad SMARTS) is 1. The van der Waals surface area contributed by atoms with Gasteiger partial charge in [0.25, 0.3) is 0 Å². The Morgan fingerprint density at radius 2 is 2.25 bits per heavy atom. The molecule has 84 valence electrons. The Balaban J connectivity index is 2.39. The number of aryl methyl sites for hydroxylation is 2. The van der Waals surface area contributed by atoms with Gasteiger partial charge in [0.15, 0.2) is 17.2 Å². The van der Waals surface area contributed by atoms with Gasteiger partial charge in [-0.05, 0) is 18.1 Å². The molecule has 0 fully saturated rings. The van der Waals surface area contributed by atoms with Crippen molar-refractivity contribution in [3.05, 3.63) is 23.6 Å². The first-order chi connectivity index (χ1) is 7.58. The van der Waals surface area contributed by atoms with E-state index < -0.39 is 5.97 Å². The summed E-state index contributed by atoms with van der Waals surface area (Å²) in [5.74, 6) is -0.437. The van der Waals surface area contributed by atoms with E-state index in [2.05, 4.69) is 4.98 Å². The molecule has 0 aliphatic carbocycles. The summed E-state index contributed by atoms with van der Waals surface area (Å²) < 4.78 is 5.24. The molecule has 5 heteroatoms. The first-order valence-electron chi connectivity index (χ1n) is 4.87. The Labute approximate surface area is 91.3 Å². The minimum atomic E-state index is -0.895. The topological polar surface area (TPSA) is 83.6 Å². The van der Waals surface area contributed by atoms with Gasteiger partial charge in [-0.1, -0.05) is 6.07 Å². The van der Waals surface area contributed by atoms with Crippen LogP contribution in [0.3, 0.4) is 0 Å². The number of carboxylic acids is 1. The number of aromatic hydroxyl groups is 1. The smallest absolute Gasteiger partial charge is 0.303 e. The van der Waals surface area contributed by atoms with Crippen molar-refractivity contribution < 1.29 is 19.4 Å². The summed E-state index contributed by atoms with van der Waals surface area (Å²) in [5.41, 5.74) is 1.46. The van der Waals surface area contributed by atoms with Crippen LogP contribution in [0.2, 0.25) is 0 Å². The zero-order valence-electron chi connectivity index (χ0n) is 8.73. The molecule has 0 amide bonds. The Hall–Kier alpha value is -2.04. The van der Waals surface area contributed by atoms with Crippen molar-refractivity contribution in [2.75, 3.05) is 0 Å². The van der Waals surface area contributed by atoms with Crippen LogP contribution in [0.4, 0.5) is 0 Å². The third-order valence-corrected chi connectivity index (χ3v) is 2.33. The average molecular weight is 221 g/mol. The van der Waals surface area contributed by atoms with E-state index in [1.54, 1.807) is 19.1 Å². The van der Waals surface area contributed by atoms with Crippen molar-refractivity contribution in [2.24, 2.45) is 0 Å². The SMILES string of the molecule is Cc1nc2ccc(CCC(=O)O)c(O)c2o1. The first-order valence-corrected chi connectivity index (χ1v) is 4.87. The lowest BCUT2D eigenvalue weighted by atomic mass is 10.1. The van der Waals surface area contributed by atoms with E-state index in [1.165, 1.54) is 0 Å². The number of hydrogen-bond donors (Lipinski definition) is 2. The molecular weight excluding hydrogens is 210 g/mol. The van der Waals surface area contributed by atoms with Crippen LogP contribution in [0.5, 0.6) is 5.75 Å². The molecule has 0 saturated heterocycles. The Morgan fingerprint density at radius 3 is 2.94 bits per heavy atom. The summed E-state index contributed by atoms with van der Waals surface area (Å²) >= 11 is 0. The molecule has 0 aliphatic rings. The van der Waals surface area contributed by atoms with Gasteiger partial charge in [-0.2, -0.15) is 0 Å². The lowest BCUT2D eigenvalue weighted by Gasteiger charge is -2.01. The van der Waals surface area contributed by atoms with Crippen LogP contribution in [0.1, 0.15) is 17.9 Å². The van der Waals surface area contributed by atoms with Crippen LogP contribution in [0.25, 0.3) is 11.1 Å².